The van der Waals surface area contributed by atoms with E-state index < -0.39 is 0 Å². The maximum atomic E-state index is 11.0. The van der Waals surface area contributed by atoms with Crippen LogP contribution in [0.25, 0.3) is 10.4 Å². The van der Waals surface area contributed by atoms with Crippen molar-refractivity contribution in [3.63, 3.8) is 0 Å². The summed E-state index contributed by atoms with van der Waals surface area (Å²) in [6.45, 7) is 1.85. The topological polar surface area (TPSA) is 84.3 Å². The minimum absolute atomic E-state index is 0.0601. The smallest absolute Gasteiger partial charge is 0.302 e. The van der Waals surface area contributed by atoms with Crippen LogP contribution in [0.1, 0.15) is 25.3 Å². The third-order valence-corrected chi connectivity index (χ3v) is 3.27. The van der Waals surface area contributed by atoms with Gasteiger partial charge < -0.3 is 9.47 Å². The molecule has 0 spiro atoms. The van der Waals surface area contributed by atoms with E-state index in [1.54, 1.807) is 0 Å². The molecule has 0 saturated heterocycles. The summed E-state index contributed by atoms with van der Waals surface area (Å²) < 4.78 is 11.0. The number of rotatable bonds is 5. The maximum Gasteiger partial charge on any atom is 0.302 e. The molecule has 1 fully saturated rings. The second-order valence-corrected chi connectivity index (χ2v) is 4.81. The molecule has 0 aromatic heterocycles. The first kappa shape index (κ1) is 14.4. The van der Waals surface area contributed by atoms with Gasteiger partial charge in [-0.3, -0.25) is 4.79 Å². The number of hydrogen-bond donors (Lipinski definition) is 0. The molecular formula is C14H17N3O3. The Morgan fingerprint density at radius 2 is 2.15 bits per heavy atom. The Bertz CT molecular complexity index is 500. The van der Waals surface area contributed by atoms with Crippen LogP contribution < -0.4 is 0 Å². The fraction of sp³-hybridized carbons (Fsp3) is 0.500. The minimum atomic E-state index is -0.385. The summed E-state index contributed by atoms with van der Waals surface area (Å²) in [4.78, 5) is 13.8. The van der Waals surface area contributed by atoms with E-state index in [1.807, 2.05) is 30.3 Å². The molecule has 1 aliphatic rings. The van der Waals surface area contributed by atoms with Gasteiger partial charge in [0.05, 0.1) is 18.8 Å². The van der Waals surface area contributed by atoms with Crippen molar-refractivity contribution in [3.05, 3.63) is 46.3 Å². The van der Waals surface area contributed by atoms with Crippen LogP contribution in [0, 0.1) is 0 Å². The van der Waals surface area contributed by atoms with E-state index in [0.29, 0.717) is 19.4 Å². The third-order valence-electron chi connectivity index (χ3n) is 3.27. The second-order valence-electron chi connectivity index (χ2n) is 4.81. The third kappa shape index (κ3) is 3.98. The summed E-state index contributed by atoms with van der Waals surface area (Å²) in [7, 11) is 0. The highest BCUT2D eigenvalue weighted by Gasteiger charge is 2.36. The Balaban J connectivity index is 1.90. The zero-order valence-corrected chi connectivity index (χ0v) is 11.3. The molecule has 106 valence electrons. The highest BCUT2D eigenvalue weighted by molar-refractivity contribution is 5.66. The Kier molecular flexibility index (Phi) is 4.98. The average Bonchev–Trinajstić information content (AvgIpc) is 2.80. The van der Waals surface area contributed by atoms with Crippen LogP contribution in [0.15, 0.2) is 35.4 Å². The van der Waals surface area contributed by atoms with Crippen molar-refractivity contribution in [2.75, 3.05) is 0 Å². The van der Waals surface area contributed by atoms with E-state index in [2.05, 4.69) is 10.0 Å². The Morgan fingerprint density at radius 1 is 1.40 bits per heavy atom. The van der Waals surface area contributed by atoms with E-state index >= 15 is 0 Å². The molecule has 6 heteroatoms. The Labute approximate surface area is 117 Å². The molecule has 6 nitrogen and oxygen atoms in total. The Hall–Kier alpha value is -2.04. The number of benzene rings is 1. The van der Waals surface area contributed by atoms with Crippen molar-refractivity contribution in [1.82, 2.24) is 0 Å². The van der Waals surface area contributed by atoms with E-state index in [9.17, 15) is 4.79 Å². The van der Waals surface area contributed by atoms with Crippen LogP contribution in [-0.4, -0.2) is 24.2 Å². The van der Waals surface area contributed by atoms with Gasteiger partial charge in [0.25, 0.3) is 0 Å². The monoisotopic (exact) mass is 275 g/mol. The molecule has 20 heavy (non-hydrogen) atoms. The second kappa shape index (κ2) is 6.93. The molecule has 1 saturated carbocycles. The van der Waals surface area contributed by atoms with E-state index in [4.69, 9.17) is 15.0 Å². The largest absolute Gasteiger partial charge is 0.462 e. The van der Waals surface area contributed by atoms with E-state index in [1.165, 1.54) is 6.92 Å². The number of carbonyl (C=O) groups is 1. The van der Waals surface area contributed by atoms with Crippen LogP contribution in [0.5, 0.6) is 0 Å². The lowest BCUT2D eigenvalue weighted by atomic mass is 10.2. The lowest BCUT2D eigenvalue weighted by Crippen LogP contribution is -2.23. The standard InChI is InChI=1S/C14H17N3O3/c1-10(18)20-14-8-12(7-13(14)16-17-15)19-9-11-5-3-2-4-6-11/h2-6,12-14H,7-9H2,1H3/t12-,13+,14+/m1/s1. The molecular weight excluding hydrogens is 258 g/mol. The highest BCUT2D eigenvalue weighted by Crippen LogP contribution is 2.28. The Morgan fingerprint density at radius 3 is 2.80 bits per heavy atom. The van der Waals surface area contributed by atoms with Crippen molar-refractivity contribution in [2.45, 2.75) is 44.6 Å². The SMILES string of the molecule is CC(=O)O[C@H]1C[C@H](OCc2ccccc2)C[C@@H]1N=[N+]=[N-]. The average molecular weight is 275 g/mol. The van der Waals surface area contributed by atoms with Crippen molar-refractivity contribution in [1.29, 1.82) is 0 Å². The molecule has 1 aliphatic carbocycles. The van der Waals surface area contributed by atoms with Gasteiger partial charge in [0.2, 0.25) is 0 Å². The van der Waals surface area contributed by atoms with Gasteiger partial charge in [-0.2, -0.15) is 0 Å². The zero-order valence-electron chi connectivity index (χ0n) is 11.3. The molecule has 0 unspecified atom stereocenters. The summed E-state index contributed by atoms with van der Waals surface area (Å²) >= 11 is 0. The van der Waals surface area contributed by atoms with Crippen molar-refractivity contribution < 1.29 is 14.3 Å². The number of nitrogens with zero attached hydrogens (tertiary/aromatic N) is 3. The predicted molar refractivity (Wildman–Crippen MR) is 72.7 cm³/mol. The molecule has 0 bridgehead atoms. The van der Waals surface area contributed by atoms with Crippen LogP contribution in [0.4, 0.5) is 0 Å². The van der Waals surface area contributed by atoms with Crippen molar-refractivity contribution in [3.8, 4) is 0 Å². The number of ether oxygens (including phenoxy) is 2. The first-order valence-corrected chi connectivity index (χ1v) is 6.56. The van der Waals surface area contributed by atoms with Gasteiger partial charge >= 0.3 is 5.97 Å². The summed E-state index contributed by atoms with van der Waals surface area (Å²) in [5.41, 5.74) is 9.64. The minimum Gasteiger partial charge on any atom is -0.462 e. The fourth-order valence-electron chi connectivity index (χ4n) is 2.39. The van der Waals surface area contributed by atoms with Crippen LogP contribution in [0.2, 0.25) is 0 Å². The maximum absolute atomic E-state index is 11.0. The number of esters is 1. The molecule has 2 rings (SSSR count). The van der Waals surface area contributed by atoms with Gasteiger partial charge in [-0.1, -0.05) is 35.4 Å². The normalized spacial score (nSPS) is 24.9. The van der Waals surface area contributed by atoms with Crippen LogP contribution >= 0.6 is 0 Å². The molecule has 3 atom stereocenters. The van der Waals surface area contributed by atoms with Gasteiger partial charge in [-0.15, -0.1) is 0 Å². The van der Waals surface area contributed by atoms with Gasteiger partial charge in [0.1, 0.15) is 6.10 Å². The molecule has 0 heterocycles. The van der Waals surface area contributed by atoms with Crippen LogP contribution in [-0.2, 0) is 20.9 Å². The van der Waals surface area contributed by atoms with E-state index in [0.717, 1.165) is 5.56 Å². The molecule has 0 radical (unpaired) electrons. The summed E-state index contributed by atoms with van der Waals surface area (Å²) in [5, 5.41) is 3.69. The molecule has 1 aromatic rings. The van der Waals surface area contributed by atoms with Gasteiger partial charge in [-0.25, -0.2) is 0 Å². The zero-order chi connectivity index (χ0) is 14.4. The first-order valence-electron chi connectivity index (χ1n) is 6.56. The van der Waals surface area contributed by atoms with E-state index in [-0.39, 0.29) is 24.2 Å². The molecule has 0 N–H and O–H groups in total. The quantitative estimate of drug-likeness (QED) is 0.358. The van der Waals surface area contributed by atoms with Crippen molar-refractivity contribution in [2.24, 2.45) is 5.11 Å². The lowest BCUT2D eigenvalue weighted by molar-refractivity contribution is -0.146. The summed E-state index contributed by atoms with van der Waals surface area (Å²) in [5.74, 6) is -0.364. The predicted octanol–water partition coefficient (Wildman–Crippen LogP) is 2.98. The van der Waals surface area contributed by atoms with Gasteiger partial charge in [0, 0.05) is 18.3 Å². The lowest BCUT2D eigenvalue weighted by Gasteiger charge is -2.14. The molecule has 0 amide bonds. The fourth-order valence-corrected chi connectivity index (χ4v) is 2.39. The highest BCUT2D eigenvalue weighted by atomic mass is 16.5. The van der Waals surface area contributed by atoms with Crippen molar-refractivity contribution >= 4 is 5.97 Å². The first-order chi connectivity index (χ1) is 9.69. The van der Waals surface area contributed by atoms with Crippen LogP contribution in [0.3, 0.4) is 0 Å². The summed E-state index contributed by atoms with van der Waals surface area (Å²) in [6, 6.07) is 9.50. The summed E-state index contributed by atoms with van der Waals surface area (Å²) in [6.07, 6.45) is 0.699. The van der Waals surface area contributed by atoms with Gasteiger partial charge in [0.15, 0.2) is 0 Å². The number of azide groups is 1. The number of carbonyl (C=O) groups excluding carboxylic acids is 1. The molecule has 0 aliphatic heterocycles. The number of hydrogen-bond acceptors (Lipinski definition) is 4. The molecule has 1 aromatic carbocycles. The van der Waals surface area contributed by atoms with Gasteiger partial charge in [-0.05, 0) is 17.5 Å².